The van der Waals surface area contributed by atoms with Crippen molar-refractivity contribution in [3.63, 3.8) is 0 Å². The third kappa shape index (κ3) is 8.39. The van der Waals surface area contributed by atoms with Crippen LogP contribution in [0.4, 0.5) is 0 Å². The van der Waals surface area contributed by atoms with E-state index in [4.69, 9.17) is 10.2 Å². The second-order valence-electron chi connectivity index (χ2n) is 10.8. The van der Waals surface area contributed by atoms with Crippen molar-refractivity contribution in [2.75, 3.05) is 14.2 Å². The Morgan fingerprint density at radius 2 is 0.905 bits per heavy atom. The number of nitrogens with zero attached hydrogens (tertiary/aromatic N) is 2. The van der Waals surface area contributed by atoms with Crippen LogP contribution in [-0.2, 0) is 47.8 Å². The van der Waals surface area contributed by atoms with E-state index in [1.54, 1.807) is 41.5 Å². The average molecular weight is 595 g/mol. The number of carbonyl (C=O) groups is 8. The number of hydrogen-bond acceptors (Lipinski definition) is 11. The maximum atomic E-state index is 12.4. The summed E-state index contributed by atoms with van der Waals surface area (Å²) in [4.78, 5) is 95.3. The van der Waals surface area contributed by atoms with Crippen LogP contribution < -0.4 is 18.9 Å². The van der Waals surface area contributed by atoms with E-state index in [9.17, 15) is 38.4 Å². The Morgan fingerprint density at radius 3 is 1.14 bits per heavy atom. The summed E-state index contributed by atoms with van der Waals surface area (Å²) in [6.07, 6.45) is 0.805. The van der Waals surface area contributed by atoms with E-state index >= 15 is 0 Å². The van der Waals surface area contributed by atoms with Crippen molar-refractivity contribution in [3.8, 4) is 0 Å². The summed E-state index contributed by atoms with van der Waals surface area (Å²) < 4.78 is 9.18. The third-order valence-electron chi connectivity index (χ3n) is 7.61. The summed E-state index contributed by atoms with van der Waals surface area (Å²) in [5, 5.41) is 17.8. The molecule has 0 aliphatic carbocycles. The maximum absolute atomic E-state index is 12.4. The number of esters is 2. The Balaban J connectivity index is 0. The Kier molecular flexibility index (Phi) is 15.4. The second kappa shape index (κ2) is 15.8. The standard InChI is InChI=1S/C14H21NO6.C12H17NO6.Li.H2O/c1-6-14(2,3)10(16)11(17)15-8(12(18)20-4)7-9(15)13(19)21-5;1-4-12(2,3)8(14)9(15)13-6(10(16)17)5-7(13)11(18)19;;/h8-9H,6-7H2,1-5H3;6-7H,4-5H2,1-3H3,(H,16,17)(H,18,19);;1H2/q;;+1;/p-1/t8-,9-;6-,7-;;/m11../s1. The topological polar surface area (TPSA) is 232 Å². The molecule has 0 bridgehead atoms. The monoisotopic (exact) mass is 594 g/mol. The number of aliphatic carboxylic acids is 2. The molecule has 0 aromatic carbocycles. The number of rotatable bonds is 10. The van der Waals surface area contributed by atoms with Crippen molar-refractivity contribution in [1.29, 1.82) is 0 Å². The zero-order valence-electron chi connectivity index (χ0n) is 25.5. The molecule has 2 rings (SSSR count). The van der Waals surface area contributed by atoms with Gasteiger partial charge in [-0.15, -0.1) is 0 Å². The molecule has 42 heavy (non-hydrogen) atoms. The summed E-state index contributed by atoms with van der Waals surface area (Å²) in [6.45, 7) is 9.94. The number of ether oxygens (including phenoxy) is 2. The van der Waals surface area contributed by atoms with E-state index in [0.717, 1.165) is 4.90 Å². The molecule has 4 atom stereocenters. The van der Waals surface area contributed by atoms with E-state index in [2.05, 4.69) is 9.47 Å². The van der Waals surface area contributed by atoms with Gasteiger partial charge in [-0.05, 0) is 12.8 Å². The molecule has 232 valence electrons. The molecule has 0 unspecified atom stereocenters. The van der Waals surface area contributed by atoms with Gasteiger partial charge in [-0.3, -0.25) is 19.2 Å². The molecular formula is C26H39LiN2O13. The Bertz CT molecular complexity index is 1050. The first-order valence-corrected chi connectivity index (χ1v) is 12.7. The van der Waals surface area contributed by atoms with Crippen LogP contribution in [0.25, 0.3) is 0 Å². The minimum Gasteiger partial charge on any atom is -0.870 e. The van der Waals surface area contributed by atoms with Gasteiger partial charge < -0.3 is 35.0 Å². The van der Waals surface area contributed by atoms with Gasteiger partial charge in [0.15, 0.2) is 0 Å². The van der Waals surface area contributed by atoms with Gasteiger partial charge in [-0.1, -0.05) is 41.5 Å². The van der Waals surface area contributed by atoms with Gasteiger partial charge >= 0.3 is 42.7 Å². The molecule has 3 N–H and O–H groups in total. The molecule has 0 radical (unpaired) electrons. The molecule has 2 amide bonds. The molecule has 2 saturated heterocycles. The fourth-order valence-corrected chi connectivity index (χ4v) is 3.87. The van der Waals surface area contributed by atoms with Crippen molar-refractivity contribution in [2.24, 2.45) is 10.8 Å². The number of Topliss-reactive ketones (excluding diaryl/α,β-unsaturated/α-hetero) is 2. The van der Waals surface area contributed by atoms with Gasteiger partial charge in [0.05, 0.1) is 14.2 Å². The summed E-state index contributed by atoms with van der Waals surface area (Å²) in [6, 6.07) is -4.29. The predicted molar refractivity (Wildman–Crippen MR) is 137 cm³/mol. The number of methoxy groups -OCH3 is 2. The van der Waals surface area contributed by atoms with Crippen molar-refractivity contribution < 1.29 is 82.4 Å². The van der Waals surface area contributed by atoms with Crippen molar-refractivity contribution >= 4 is 47.3 Å². The molecule has 2 heterocycles. The maximum Gasteiger partial charge on any atom is 1.00 e. The minimum atomic E-state index is -1.30. The van der Waals surface area contributed by atoms with Crippen molar-refractivity contribution in [2.45, 2.75) is 91.4 Å². The largest absolute Gasteiger partial charge is 1.00 e. The van der Waals surface area contributed by atoms with Gasteiger partial charge in [0, 0.05) is 23.7 Å². The molecule has 2 aliphatic heterocycles. The number of hydrogen-bond donors (Lipinski definition) is 2. The molecule has 2 aliphatic rings. The summed E-state index contributed by atoms with van der Waals surface area (Å²) in [5.41, 5.74) is -1.78. The number of likely N-dealkylation sites (tertiary alicyclic amines) is 2. The number of carboxylic acids is 2. The zero-order chi connectivity index (χ0) is 31.3. The number of carbonyl (C=O) groups excluding carboxylic acids is 6. The Morgan fingerprint density at radius 1 is 0.643 bits per heavy atom. The summed E-state index contributed by atoms with van der Waals surface area (Å²) in [7, 11) is 2.38. The normalized spacial score (nSPS) is 20.9. The Hall–Kier alpha value is -3.28. The zero-order valence-corrected chi connectivity index (χ0v) is 25.5. The minimum absolute atomic E-state index is 0. The van der Waals surface area contributed by atoms with Gasteiger partial charge in [-0.2, -0.15) is 0 Å². The van der Waals surface area contributed by atoms with E-state index in [1.807, 2.05) is 0 Å². The number of ketones is 2. The summed E-state index contributed by atoms with van der Waals surface area (Å²) >= 11 is 0. The predicted octanol–water partition coefficient (Wildman–Crippen LogP) is -2.74. The first kappa shape index (κ1) is 40.9. The SMILES string of the molecule is CCC(C)(C)C(=O)C(=O)N1[C@@H](C(=O)O)C[C@@H]1C(=O)O.CCC(C)(C)C(=O)C(=O)N1[C@@H](C(=O)OC)C[C@@H]1C(=O)OC.[Li+].[OH-]. The molecule has 16 heteroatoms. The van der Waals surface area contributed by atoms with Crippen molar-refractivity contribution in [1.82, 2.24) is 9.80 Å². The van der Waals surface area contributed by atoms with Crippen LogP contribution in [0.1, 0.15) is 67.2 Å². The molecule has 0 saturated carbocycles. The third-order valence-corrected chi connectivity index (χ3v) is 7.61. The molecule has 0 aromatic heterocycles. The van der Waals surface area contributed by atoms with Crippen LogP contribution in [0.2, 0.25) is 0 Å². The molecule has 2 fully saturated rings. The van der Waals surface area contributed by atoms with Crippen molar-refractivity contribution in [3.05, 3.63) is 0 Å². The van der Waals surface area contributed by atoms with Crippen LogP contribution in [0.3, 0.4) is 0 Å². The van der Waals surface area contributed by atoms with Crippen LogP contribution in [0.15, 0.2) is 0 Å². The molecule has 0 spiro atoms. The quantitative estimate of drug-likeness (QED) is 0.149. The smallest absolute Gasteiger partial charge is 0.870 e. The fraction of sp³-hybridized carbons (Fsp3) is 0.692. The van der Waals surface area contributed by atoms with E-state index < -0.39 is 82.3 Å². The van der Waals surface area contributed by atoms with Gasteiger partial charge in [0.25, 0.3) is 11.8 Å². The van der Waals surface area contributed by atoms with Crippen LogP contribution in [0.5, 0.6) is 0 Å². The number of carboxylic acid groups (broad SMARTS) is 2. The first-order valence-electron chi connectivity index (χ1n) is 12.7. The average Bonchev–Trinajstić information content (AvgIpc) is 2.85. The Labute approximate surface area is 255 Å². The fourth-order valence-electron chi connectivity index (χ4n) is 3.87. The van der Waals surface area contributed by atoms with Crippen LogP contribution in [0, 0.1) is 10.8 Å². The molecule has 0 aromatic rings. The second-order valence-corrected chi connectivity index (χ2v) is 10.8. The van der Waals surface area contributed by atoms with Crippen LogP contribution in [-0.4, -0.2) is 111 Å². The van der Waals surface area contributed by atoms with Crippen LogP contribution >= 0.6 is 0 Å². The van der Waals surface area contributed by atoms with E-state index in [1.165, 1.54) is 14.2 Å². The number of amides is 2. The van der Waals surface area contributed by atoms with Gasteiger partial charge in [0.2, 0.25) is 11.6 Å². The molecule has 15 nitrogen and oxygen atoms in total. The molecular weight excluding hydrogens is 555 g/mol. The first-order chi connectivity index (χ1) is 18.3. The van der Waals surface area contributed by atoms with E-state index in [0.29, 0.717) is 17.7 Å². The van der Waals surface area contributed by atoms with E-state index in [-0.39, 0.29) is 37.2 Å². The van der Waals surface area contributed by atoms with Gasteiger partial charge in [-0.25, -0.2) is 19.2 Å². The van der Waals surface area contributed by atoms with Gasteiger partial charge in [0.1, 0.15) is 24.2 Å². The summed E-state index contributed by atoms with van der Waals surface area (Å²) in [5.74, 6) is -7.16.